The number of hydrogen-bond donors (Lipinski definition) is 3. The van der Waals surface area contributed by atoms with Crippen molar-refractivity contribution in [2.45, 2.75) is 57.2 Å². The molecule has 4 aliphatic rings. The van der Waals surface area contributed by atoms with Gasteiger partial charge in [0.2, 0.25) is 5.91 Å². The van der Waals surface area contributed by atoms with E-state index < -0.39 is 11.5 Å². The van der Waals surface area contributed by atoms with Crippen molar-refractivity contribution in [3.05, 3.63) is 54.0 Å². The summed E-state index contributed by atoms with van der Waals surface area (Å²) in [6.45, 7) is 0.206. The number of hydrazine groups is 1. The fourth-order valence-corrected chi connectivity index (χ4v) is 6.43. The summed E-state index contributed by atoms with van der Waals surface area (Å²) >= 11 is 0. The normalized spacial score (nSPS) is 30.7. The van der Waals surface area contributed by atoms with E-state index in [9.17, 15) is 14.7 Å². The Balaban J connectivity index is 1.12. The third-order valence-corrected chi connectivity index (χ3v) is 7.01. The van der Waals surface area contributed by atoms with Crippen LogP contribution in [0.1, 0.15) is 61.3 Å². The summed E-state index contributed by atoms with van der Waals surface area (Å²) in [6, 6.07) is 12.6. The smallest absolute Gasteiger partial charge is 0.305 e. The van der Waals surface area contributed by atoms with Crippen LogP contribution >= 0.6 is 0 Å². The van der Waals surface area contributed by atoms with E-state index in [2.05, 4.69) is 10.9 Å². The average molecular weight is 424 g/mol. The zero-order valence-corrected chi connectivity index (χ0v) is 17.4. The molecule has 0 radical (unpaired) electrons. The van der Waals surface area contributed by atoms with Gasteiger partial charge in [-0.3, -0.25) is 20.4 Å². The molecule has 31 heavy (non-hydrogen) atoms. The predicted molar refractivity (Wildman–Crippen MR) is 112 cm³/mol. The first kappa shape index (κ1) is 20.1. The summed E-state index contributed by atoms with van der Waals surface area (Å²) in [6.07, 6.45) is 5.94. The van der Waals surface area contributed by atoms with Crippen LogP contribution < -0.4 is 15.6 Å². The van der Waals surface area contributed by atoms with Crippen LogP contribution in [-0.4, -0.2) is 22.5 Å². The van der Waals surface area contributed by atoms with Crippen molar-refractivity contribution in [2.24, 2.45) is 17.3 Å². The lowest BCUT2D eigenvalue weighted by atomic mass is 9.47. The van der Waals surface area contributed by atoms with Gasteiger partial charge in [0, 0.05) is 6.42 Å². The topological polar surface area (TPSA) is 101 Å². The number of amides is 2. The molecule has 1 heterocycles. The second-order valence-corrected chi connectivity index (χ2v) is 9.73. The van der Waals surface area contributed by atoms with Crippen molar-refractivity contribution in [3.63, 3.8) is 0 Å². The number of carbonyl (C=O) groups excluding carboxylic acids is 2. The molecule has 164 valence electrons. The second-order valence-electron chi connectivity index (χ2n) is 9.73. The van der Waals surface area contributed by atoms with Crippen molar-refractivity contribution in [3.8, 4) is 5.75 Å². The van der Waals surface area contributed by atoms with Gasteiger partial charge in [-0.1, -0.05) is 18.2 Å². The van der Waals surface area contributed by atoms with Gasteiger partial charge in [-0.2, -0.15) is 0 Å². The summed E-state index contributed by atoms with van der Waals surface area (Å²) in [4.78, 5) is 24.9. The van der Waals surface area contributed by atoms with E-state index in [0.29, 0.717) is 36.2 Å². The van der Waals surface area contributed by atoms with Gasteiger partial charge in [0.05, 0.1) is 5.60 Å². The van der Waals surface area contributed by atoms with Gasteiger partial charge >= 0.3 is 5.91 Å². The number of ether oxygens (including phenoxy) is 1. The summed E-state index contributed by atoms with van der Waals surface area (Å²) in [5, 5.41) is 10.8. The Morgan fingerprint density at radius 3 is 2.48 bits per heavy atom. The minimum absolute atomic E-state index is 0.107. The monoisotopic (exact) mass is 424 g/mol. The largest absolute Gasteiger partial charge is 0.486 e. The maximum absolute atomic E-state index is 12.6. The van der Waals surface area contributed by atoms with Crippen LogP contribution in [-0.2, 0) is 11.4 Å². The summed E-state index contributed by atoms with van der Waals surface area (Å²) in [5.41, 5.74) is 4.23. The summed E-state index contributed by atoms with van der Waals surface area (Å²) < 4.78 is 11.1. The first-order chi connectivity index (χ1) is 14.9. The molecule has 3 N–H and O–H groups in total. The number of nitrogens with one attached hydrogen (secondary N) is 2. The molecule has 1 aromatic carbocycles. The molecular formula is C24H28N2O5. The van der Waals surface area contributed by atoms with Crippen molar-refractivity contribution in [2.75, 3.05) is 0 Å². The standard InChI is InChI=1S/C24H28N2O5/c27-21(13-23-9-16-8-17(10-23)12-24(29,11-16)15-23)25-26-22(28)20-7-6-19(31-20)14-30-18-4-2-1-3-5-18/h1-7,16-17,29H,8-15H2,(H,25,27)(H,26,28). The van der Waals surface area contributed by atoms with Crippen LogP contribution in [0.15, 0.2) is 46.9 Å². The lowest BCUT2D eigenvalue weighted by Crippen LogP contribution is -2.57. The van der Waals surface area contributed by atoms with E-state index in [1.807, 2.05) is 30.3 Å². The zero-order chi connectivity index (χ0) is 21.5. The van der Waals surface area contributed by atoms with Crippen LogP contribution in [0, 0.1) is 17.3 Å². The lowest BCUT2D eigenvalue weighted by molar-refractivity contribution is -0.169. The number of carbonyl (C=O) groups is 2. The Morgan fingerprint density at radius 2 is 1.77 bits per heavy atom. The molecule has 7 nitrogen and oxygen atoms in total. The van der Waals surface area contributed by atoms with Gasteiger partial charge in [-0.15, -0.1) is 0 Å². The van der Waals surface area contributed by atoms with Gasteiger partial charge in [-0.25, -0.2) is 0 Å². The zero-order valence-electron chi connectivity index (χ0n) is 17.4. The molecule has 1 aromatic heterocycles. The molecule has 4 saturated carbocycles. The SMILES string of the molecule is O=C(CC12CC3CC(CC(O)(C3)C1)C2)NNC(=O)c1ccc(COc2ccccc2)o1. The Hall–Kier alpha value is -2.80. The average Bonchev–Trinajstić information content (AvgIpc) is 3.18. The molecule has 0 spiro atoms. The Labute approximate surface area is 181 Å². The quantitative estimate of drug-likeness (QED) is 0.618. The number of hydrogen-bond acceptors (Lipinski definition) is 5. The third-order valence-electron chi connectivity index (χ3n) is 7.01. The molecule has 2 amide bonds. The molecule has 7 heteroatoms. The predicted octanol–water partition coefficient (Wildman–Crippen LogP) is 3.34. The first-order valence-electron chi connectivity index (χ1n) is 11.0. The molecule has 2 atom stereocenters. The molecule has 4 fully saturated rings. The van der Waals surface area contributed by atoms with Crippen molar-refractivity contribution in [1.82, 2.24) is 10.9 Å². The Morgan fingerprint density at radius 1 is 1.03 bits per heavy atom. The number of aliphatic hydroxyl groups is 1. The van der Waals surface area contributed by atoms with Gasteiger partial charge in [0.1, 0.15) is 18.1 Å². The highest BCUT2D eigenvalue weighted by Gasteiger charge is 2.57. The van der Waals surface area contributed by atoms with Crippen molar-refractivity contribution >= 4 is 11.8 Å². The maximum Gasteiger partial charge on any atom is 0.305 e. The fraction of sp³-hybridized carbons (Fsp3) is 0.500. The molecule has 0 aliphatic heterocycles. The van der Waals surface area contributed by atoms with E-state index in [1.54, 1.807) is 12.1 Å². The van der Waals surface area contributed by atoms with Crippen LogP contribution in [0.3, 0.4) is 0 Å². The van der Waals surface area contributed by atoms with Gasteiger partial charge in [-0.05, 0) is 80.0 Å². The van der Waals surface area contributed by atoms with E-state index in [4.69, 9.17) is 9.15 Å². The minimum Gasteiger partial charge on any atom is -0.486 e. The van der Waals surface area contributed by atoms with Crippen LogP contribution in [0.2, 0.25) is 0 Å². The number of para-hydroxylation sites is 1. The molecule has 2 aromatic rings. The number of rotatable bonds is 6. The fourth-order valence-electron chi connectivity index (χ4n) is 6.43. The third kappa shape index (κ3) is 4.32. The van der Waals surface area contributed by atoms with E-state index >= 15 is 0 Å². The highest BCUT2D eigenvalue weighted by Crippen LogP contribution is 2.62. The molecule has 2 unspecified atom stereocenters. The maximum atomic E-state index is 12.6. The summed E-state index contributed by atoms with van der Waals surface area (Å²) in [7, 11) is 0. The molecule has 6 rings (SSSR count). The molecule has 0 saturated heterocycles. The number of benzene rings is 1. The lowest BCUT2D eigenvalue weighted by Gasteiger charge is -2.60. The summed E-state index contributed by atoms with van der Waals surface area (Å²) in [5.74, 6) is 1.65. The molecule has 4 aliphatic carbocycles. The van der Waals surface area contributed by atoms with E-state index in [-0.39, 0.29) is 23.7 Å². The number of furan rings is 1. The van der Waals surface area contributed by atoms with Gasteiger partial charge in [0.25, 0.3) is 0 Å². The van der Waals surface area contributed by atoms with Gasteiger partial charge in [0.15, 0.2) is 5.76 Å². The minimum atomic E-state index is -0.597. The molecule has 4 bridgehead atoms. The van der Waals surface area contributed by atoms with Gasteiger partial charge < -0.3 is 14.3 Å². The second kappa shape index (κ2) is 7.71. The van der Waals surface area contributed by atoms with E-state index in [0.717, 1.165) is 25.7 Å². The highest BCUT2D eigenvalue weighted by atomic mass is 16.5. The Kier molecular flexibility index (Phi) is 5.01. The highest BCUT2D eigenvalue weighted by molar-refractivity contribution is 5.93. The first-order valence-corrected chi connectivity index (χ1v) is 11.0. The van der Waals surface area contributed by atoms with Crippen LogP contribution in [0.4, 0.5) is 0 Å². The molecular weight excluding hydrogens is 396 g/mol. The Bertz CT molecular complexity index is 955. The van der Waals surface area contributed by atoms with Crippen LogP contribution in [0.25, 0.3) is 0 Å². The van der Waals surface area contributed by atoms with E-state index in [1.165, 1.54) is 6.42 Å². The van der Waals surface area contributed by atoms with Crippen LogP contribution in [0.5, 0.6) is 5.75 Å². The van der Waals surface area contributed by atoms with Crippen molar-refractivity contribution in [1.29, 1.82) is 0 Å². The van der Waals surface area contributed by atoms with Crippen molar-refractivity contribution < 1.29 is 23.8 Å².